The van der Waals surface area contributed by atoms with E-state index in [-0.39, 0.29) is 5.28 Å². The van der Waals surface area contributed by atoms with Gasteiger partial charge in [0.25, 0.3) is 5.22 Å². The molecular weight excluding hydrogens is 300 g/mol. The largest absolute Gasteiger partial charge is 0.436 e. The lowest BCUT2D eigenvalue weighted by Crippen LogP contribution is -2.02. The van der Waals surface area contributed by atoms with Gasteiger partial charge in [-0.15, -0.1) is 0 Å². The Morgan fingerprint density at radius 2 is 2.05 bits per heavy atom. The highest BCUT2D eigenvalue weighted by Crippen LogP contribution is 2.26. The van der Waals surface area contributed by atoms with Crippen LogP contribution in [0.4, 0.5) is 0 Å². The molecule has 0 aliphatic rings. The van der Waals surface area contributed by atoms with Gasteiger partial charge in [-0.25, -0.2) is 9.97 Å². The van der Waals surface area contributed by atoms with Crippen LogP contribution in [0.25, 0.3) is 5.95 Å². The number of rotatable bonds is 3. The normalized spacial score (nSPS) is 10.9. The third-order valence-electron chi connectivity index (χ3n) is 2.50. The van der Waals surface area contributed by atoms with Crippen molar-refractivity contribution >= 4 is 23.4 Å². The van der Waals surface area contributed by atoms with Crippen LogP contribution in [-0.4, -0.2) is 29.5 Å². The zero-order valence-electron chi connectivity index (χ0n) is 10.6. The number of oxazole rings is 1. The average Bonchev–Trinajstić information content (AvgIpc) is 3.00. The van der Waals surface area contributed by atoms with Crippen LogP contribution in [0.3, 0.4) is 0 Å². The standard InChI is InChI=1S/C11H9ClN6OS/c1-6-7(2)19-11(14-6)20-10-16-8(12)15-9(17-10)18-4-3-13-5-18/h3-5H,1-2H3. The van der Waals surface area contributed by atoms with Gasteiger partial charge in [0, 0.05) is 24.2 Å². The Bertz CT molecular complexity index is 722. The highest BCUT2D eigenvalue weighted by molar-refractivity contribution is 7.98. The number of imidazole rings is 1. The predicted octanol–water partition coefficient (Wildman–Crippen LogP) is 2.47. The zero-order valence-corrected chi connectivity index (χ0v) is 12.2. The third kappa shape index (κ3) is 2.66. The van der Waals surface area contributed by atoms with E-state index in [4.69, 9.17) is 16.0 Å². The van der Waals surface area contributed by atoms with Crippen molar-refractivity contribution in [2.24, 2.45) is 0 Å². The molecule has 0 amide bonds. The minimum absolute atomic E-state index is 0.103. The van der Waals surface area contributed by atoms with Gasteiger partial charge in [0.2, 0.25) is 16.4 Å². The number of aryl methyl sites for hydroxylation is 2. The Morgan fingerprint density at radius 3 is 2.70 bits per heavy atom. The maximum absolute atomic E-state index is 5.91. The molecule has 0 aromatic carbocycles. The lowest BCUT2D eigenvalue weighted by atomic mass is 10.4. The number of aromatic nitrogens is 6. The molecule has 0 spiro atoms. The molecular formula is C11H9ClN6OS. The summed E-state index contributed by atoms with van der Waals surface area (Å²) < 4.78 is 7.12. The molecule has 0 saturated heterocycles. The fourth-order valence-corrected chi connectivity index (χ4v) is 2.40. The van der Waals surface area contributed by atoms with Gasteiger partial charge in [-0.1, -0.05) is 0 Å². The van der Waals surface area contributed by atoms with E-state index in [1.165, 1.54) is 11.8 Å². The Hall–Kier alpha value is -1.93. The first kappa shape index (κ1) is 13.1. The van der Waals surface area contributed by atoms with Crippen LogP contribution in [0.5, 0.6) is 0 Å². The minimum Gasteiger partial charge on any atom is -0.436 e. The molecule has 0 saturated carbocycles. The van der Waals surface area contributed by atoms with Crippen molar-refractivity contribution in [2.45, 2.75) is 24.2 Å². The molecule has 0 aliphatic carbocycles. The van der Waals surface area contributed by atoms with E-state index in [0.717, 1.165) is 11.5 Å². The van der Waals surface area contributed by atoms with Gasteiger partial charge in [0.1, 0.15) is 12.1 Å². The van der Waals surface area contributed by atoms with Crippen LogP contribution >= 0.6 is 23.4 Å². The summed E-state index contributed by atoms with van der Waals surface area (Å²) in [7, 11) is 0. The van der Waals surface area contributed by atoms with Gasteiger partial charge in [-0.2, -0.15) is 15.0 Å². The van der Waals surface area contributed by atoms with E-state index in [0.29, 0.717) is 16.3 Å². The molecule has 3 heterocycles. The van der Waals surface area contributed by atoms with Gasteiger partial charge in [0.05, 0.1) is 5.69 Å². The lowest BCUT2D eigenvalue weighted by molar-refractivity contribution is 0.430. The van der Waals surface area contributed by atoms with E-state index in [1.54, 1.807) is 23.3 Å². The maximum atomic E-state index is 5.91. The SMILES string of the molecule is Cc1nc(Sc2nc(Cl)nc(-n3ccnc3)n2)oc1C. The molecule has 7 nitrogen and oxygen atoms in total. The fourth-order valence-electron chi connectivity index (χ4n) is 1.43. The summed E-state index contributed by atoms with van der Waals surface area (Å²) in [6.45, 7) is 3.73. The van der Waals surface area contributed by atoms with Crippen LogP contribution in [0.15, 0.2) is 33.5 Å². The molecule has 3 aromatic rings. The maximum Gasteiger partial charge on any atom is 0.264 e. The molecule has 20 heavy (non-hydrogen) atoms. The van der Waals surface area contributed by atoms with E-state index in [9.17, 15) is 0 Å². The third-order valence-corrected chi connectivity index (χ3v) is 3.38. The van der Waals surface area contributed by atoms with Crippen molar-refractivity contribution in [3.8, 4) is 5.95 Å². The quantitative estimate of drug-likeness (QED) is 0.735. The highest BCUT2D eigenvalue weighted by atomic mass is 35.5. The lowest BCUT2D eigenvalue weighted by Gasteiger charge is -2.02. The van der Waals surface area contributed by atoms with Gasteiger partial charge < -0.3 is 4.42 Å². The molecule has 0 unspecified atom stereocenters. The predicted molar refractivity (Wildman–Crippen MR) is 72.1 cm³/mol. The monoisotopic (exact) mass is 308 g/mol. The zero-order chi connectivity index (χ0) is 14.1. The molecule has 0 radical (unpaired) electrons. The van der Waals surface area contributed by atoms with E-state index in [1.807, 2.05) is 13.8 Å². The number of hydrogen-bond donors (Lipinski definition) is 0. The summed E-state index contributed by atoms with van der Waals surface area (Å²) in [5.74, 6) is 1.16. The molecule has 9 heteroatoms. The van der Waals surface area contributed by atoms with Gasteiger partial charge in [0.15, 0.2) is 0 Å². The second-order valence-corrected chi connectivity index (χ2v) is 5.14. The molecule has 3 rings (SSSR count). The van der Waals surface area contributed by atoms with Crippen LogP contribution in [0, 0.1) is 13.8 Å². The first-order valence-electron chi connectivity index (χ1n) is 5.63. The minimum atomic E-state index is 0.103. The first-order chi connectivity index (χ1) is 9.61. The second-order valence-electron chi connectivity index (χ2n) is 3.88. The average molecular weight is 309 g/mol. The molecule has 0 atom stereocenters. The van der Waals surface area contributed by atoms with Gasteiger partial charge in [-0.3, -0.25) is 4.57 Å². The smallest absolute Gasteiger partial charge is 0.264 e. The molecule has 0 bridgehead atoms. The van der Waals surface area contributed by atoms with E-state index < -0.39 is 0 Å². The summed E-state index contributed by atoms with van der Waals surface area (Å²) in [4.78, 5) is 20.6. The molecule has 0 fully saturated rings. The number of halogens is 1. The number of nitrogens with zero attached hydrogens (tertiary/aromatic N) is 6. The van der Waals surface area contributed by atoms with E-state index in [2.05, 4.69) is 24.9 Å². The van der Waals surface area contributed by atoms with Crippen molar-refractivity contribution in [3.63, 3.8) is 0 Å². The van der Waals surface area contributed by atoms with Gasteiger partial charge in [-0.05, 0) is 25.4 Å². The molecule has 0 N–H and O–H groups in total. The van der Waals surface area contributed by atoms with Crippen molar-refractivity contribution in [1.82, 2.24) is 29.5 Å². The van der Waals surface area contributed by atoms with Crippen LogP contribution in [0.1, 0.15) is 11.5 Å². The van der Waals surface area contributed by atoms with Crippen molar-refractivity contribution in [2.75, 3.05) is 0 Å². The van der Waals surface area contributed by atoms with Crippen LogP contribution in [-0.2, 0) is 0 Å². The molecule has 102 valence electrons. The van der Waals surface area contributed by atoms with Gasteiger partial charge >= 0.3 is 0 Å². The Balaban J connectivity index is 1.94. The summed E-state index contributed by atoms with van der Waals surface area (Å²) in [6.07, 6.45) is 4.93. The summed E-state index contributed by atoms with van der Waals surface area (Å²) in [5.41, 5.74) is 0.836. The first-order valence-corrected chi connectivity index (χ1v) is 6.83. The van der Waals surface area contributed by atoms with Crippen molar-refractivity contribution in [1.29, 1.82) is 0 Å². The topological polar surface area (TPSA) is 82.5 Å². The second kappa shape index (κ2) is 5.22. The number of hydrogen-bond acceptors (Lipinski definition) is 7. The Kier molecular flexibility index (Phi) is 3.41. The Morgan fingerprint density at radius 1 is 1.20 bits per heavy atom. The summed E-state index contributed by atoms with van der Waals surface area (Å²) >= 11 is 7.10. The molecule has 0 aliphatic heterocycles. The van der Waals surface area contributed by atoms with E-state index >= 15 is 0 Å². The van der Waals surface area contributed by atoms with Crippen molar-refractivity contribution < 1.29 is 4.42 Å². The van der Waals surface area contributed by atoms with Crippen LogP contribution in [0.2, 0.25) is 5.28 Å². The molecule has 3 aromatic heterocycles. The Labute approximate surface area is 123 Å². The van der Waals surface area contributed by atoms with Crippen LogP contribution < -0.4 is 0 Å². The van der Waals surface area contributed by atoms with Crippen molar-refractivity contribution in [3.05, 3.63) is 35.5 Å². The fraction of sp³-hybridized carbons (Fsp3) is 0.182. The summed E-state index contributed by atoms with van der Waals surface area (Å²) in [5, 5.41) is 0.986. The summed E-state index contributed by atoms with van der Waals surface area (Å²) in [6, 6.07) is 0. The highest BCUT2D eigenvalue weighted by Gasteiger charge is 2.12.